The molecular formula is C11H6BrF3N2O2. The normalized spacial score (nSPS) is 10.8. The van der Waals surface area contributed by atoms with Crippen LogP contribution in [0.4, 0.5) is 13.2 Å². The lowest BCUT2D eigenvalue weighted by Gasteiger charge is -2.09. The third-order valence-electron chi connectivity index (χ3n) is 2.16. The maximum absolute atomic E-state index is 13.1. The topological polar surface area (TPSA) is 44.1 Å². The van der Waals surface area contributed by atoms with Crippen LogP contribution in [0.1, 0.15) is 0 Å². The third kappa shape index (κ3) is 2.95. The first-order valence-corrected chi connectivity index (χ1v) is 5.77. The first-order chi connectivity index (χ1) is 8.99. The first kappa shape index (κ1) is 13.6. The molecule has 2 rings (SSSR count). The third-order valence-corrected chi connectivity index (χ3v) is 2.89. The Balaban J connectivity index is 2.50. The van der Waals surface area contributed by atoms with Crippen molar-refractivity contribution >= 4 is 15.9 Å². The van der Waals surface area contributed by atoms with Gasteiger partial charge >= 0.3 is 6.61 Å². The molecule has 0 N–H and O–H groups in total. The van der Waals surface area contributed by atoms with Crippen LogP contribution >= 0.6 is 15.9 Å². The van der Waals surface area contributed by atoms with Crippen molar-refractivity contribution in [3.63, 3.8) is 0 Å². The lowest BCUT2D eigenvalue weighted by atomic mass is 10.3. The van der Waals surface area contributed by atoms with Crippen molar-refractivity contribution in [3.8, 4) is 11.4 Å². The van der Waals surface area contributed by atoms with Gasteiger partial charge < -0.3 is 4.74 Å². The smallest absolute Gasteiger partial charge is 0.387 e. The van der Waals surface area contributed by atoms with E-state index in [1.165, 1.54) is 18.2 Å². The molecule has 1 heterocycles. The summed E-state index contributed by atoms with van der Waals surface area (Å²) >= 11 is 2.85. The van der Waals surface area contributed by atoms with Crippen LogP contribution in [0.3, 0.4) is 0 Å². The lowest BCUT2D eigenvalue weighted by molar-refractivity contribution is -0.0508. The van der Waals surface area contributed by atoms with Gasteiger partial charge in [-0.25, -0.2) is 4.39 Å². The van der Waals surface area contributed by atoms with E-state index >= 15 is 0 Å². The zero-order valence-electron chi connectivity index (χ0n) is 9.19. The Morgan fingerprint density at radius 1 is 1.37 bits per heavy atom. The van der Waals surface area contributed by atoms with E-state index in [0.29, 0.717) is 0 Å². The summed E-state index contributed by atoms with van der Waals surface area (Å²) in [6.07, 6.45) is 0.947. The lowest BCUT2D eigenvalue weighted by Crippen LogP contribution is -2.23. The zero-order chi connectivity index (χ0) is 14.0. The Labute approximate surface area is 113 Å². The van der Waals surface area contributed by atoms with Crippen LogP contribution in [0, 0.1) is 5.82 Å². The standard InChI is InChI=1S/C11H6BrF3N2O2/c12-9-8(19-11(14)15)5-16-17(10(9)18)7-3-1-2-6(13)4-7/h1-5,11H. The number of rotatable bonds is 3. The fraction of sp³-hybridized carbons (Fsp3) is 0.0909. The summed E-state index contributed by atoms with van der Waals surface area (Å²) in [5.74, 6) is -0.928. The average Bonchev–Trinajstić information content (AvgIpc) is 2.35. The van der Waals surface area contributed by atoms with E-state index in [0.717, 1.165) is 16.9 Å². The highest BCUT2D eigenvalue weighted by Crippen LogP contribution is 2.21. The van der Waals surface area contributed by atoms with Gasteiger partial charge in [0.1, 0.15) is 10.3 Å². The summed E-state index contributed by atoms with van der Waals surface area (Å²) in [4.78, 5) is 11.9. The summed E-state index contributed by atoms with van der Waals surface area (Å²) in [5, 5.41) is 3.65. The van der Waals surface area contributed by atoms with E-state index in [1.807, 2.05) is 0 Å². The molecule has 19 heavy (non-hydrogen) atoms. The highest BCUT2D eigenvalue weighted by molar-refractivity contribution is 9.10. The van der Waals surface area contributed by atoms with Gasteiger partial charge in [-0.05, 0) is 34.1 Å². The number of aromatic nitrogens is 2. The number of hydrogen-bond acceptors (Lipinski definition) is 3. The Hall–Kier alpha value is -1.83. The molecule has 2 aromatic rings. The van der Waals surface area contributed by atoms with Gasteiger partial charge in [-0.3, -0.25) is 4.79 Å². The molecular weight excluding hydrogens is 329 g/mol. The number of benzene rings is 1. The van der Waals surface area contributed by atoms with E-state index in [2.05, 4.69) is 25.8 Å². The fourth-order valence-corrected chi connectivity index (χ4v) is 1.75. The minimum atomic E-state index is -3.07. The van der Waals surface area contributed by atoms with Gasteiger partial charge in [-0.15, -0.1) is 0 Å². The molecule has 0 amide bonds. The van der Waals surface area contributed by atoms with Crippen molar-refractivity contribution in [1.29, 1.82) is 0 Å². The molecule has 100 valence electrons. The number of nitrogens with zero attached hydrogens (tertiary/aromatic N) is 2. The van der Waals surface area contributed by atoms with Crippen LogP contribution < -0.4 is 10.3 Å². The second kappa shape index (κ2) is 5.43. The van der Waals surface area contributed by atoms with Crippen molar-refractivity contribution in [2.24, 2.45) is 0 Å². The molecule has 0 spiro atoms. The van der Waals surface area contributed by atoms with Gasteiger partial charge in [0.25, 0.3) is 5.56 Å². The largest absolute Gasteiger partial charge is 0.432 e. The van der Waals surface area contributed by atoms with Crippen molar-refractivity contribution in [2.75, 3.05) is 0 Å². The van der Waals surface area contributed by atoms with Crippen LogP contribution in [0.25, 0.3) is 5.69 Å². The molecule has 0 saturated heterocycles. The van der Waals surface area contributed by atoms with E-state index in [4.69, 9.17) is 0 Å². The van der Waals surface area contributed by atoms with Gasteiger partial charge in [0.15, 0.2) is 5.75 Å². The minimum Gasteiger partial charge on any atom is -0.432 e. The number of hydrogen-bond donors (Lipinski definition) is 0. The summed E-state index contributed by atoms with van der Waals surface area (Å²) in [6.45, 7) is -3.07. The molecule has 8 heteroatoms. The summed E-state index contributed by atoms with van der Waals surface area (Å²) in [7, 11) is 0. The second-order valence-electron chi connectivity index (χ2n) is 3.40. The highest BCUT2D eigenvalue weighted by Gasteiger charge is 2.14. The van der Waals surface area contributed by atoms with E-state index < -0.39 is 18.0 Å². The van der Waals surface area contributed by atoms with Gasteiger partial charge in [-0.2, -0.15) is 18.6 Å². The van der Waals surface area contributed by atoms with Crippen molar-refractivity contribution in [1.82, 2.24) is 9.78 Å². The molecule has 1 aromatic heterocycles. The van der Waals surface area contributed by atoms with Crippen LogP contribution in [0.15, 0.2) is 39.7 Å². The quantitative estimate of drug-likeness (QED) is 0.866. The number of halogens is 4. The molecule has 0 fully saturated rings. The molecule has 0 saturated carbocycles. The SMILES string of the molecule is O=c1c(Br)c(OC(F)F)cnn1-c1cccc(F)c1. The summed E-state index contributed by atoms with van der Waals surface area (Å²) < 4.78 is 42.0. The maximum atomic E-state index is 13.1. The maximum Gasteiger partial charge on any atom is 0.387 e. The molecule has 0 radical (unpaired) electrons. The summed E-state index contributed by atoms with van der Waals surface area (Å²) in [6, 6.07) is 5.15. The average molecular weight is 335 g/mol. The van der Waals surface area contributed by atoms with Gasteiger partial charge in [0, 0.05) is 0 Å². The zero-order valence-corrected chi connectivity index (χ0v) is 10.8. The van der Waals surface area contributed by atoms with Gasteiger partial charge in [-0.1, -0.05) is 6.07 Å². The Morgan fingerprint density at radius 3 is 2.74 bits per heavy atom. The Kier molecular flexibility index (Phi) is 3.89. The Morgan fingerprint density at radius 2 is 2.11 bits per heavy atom. The molecule has 1 aromatic carbocycles. The van der Waals surface area contributed by atoms with Gasteiger partial charge in [0.2, 0.25) is 0 Å². The molecule has 0 unspecified atom stereocenters. The van der Waals surface area contributed by atoms with Crippen molar-refractivity contribution < 1.29 is 17.9 Å². The second-order valence-corrected chi connectivity index (χ2v) is 4.19. The van der Waals surface area contributed by atoms with E-state index in [9.17, 15) is 18.0 Å². The van der Waals surface area contributed by atoms with Crippen LogP contribution in [0.5, 0.6) is 5.75 Å². The van der Waals surface area contributed by atoms with Crippen LogP contribution in [-0.4, -0.2) is 16.4 Å². The van der Waals surface area contributed by atoms with E-state index in [1.54, 1.807) is 0 Å². The predicted molar refractivity (Wildman–Crippen MR) is 64.1 cm³/mol. The molecule has 0 aliphatic carbocycles. The molecule has 0 atom stereocenters. The van der Waals surface area contributed by atoms with Crippen LogP contribution in [-0.2, 0) is 0 Å². The molecule has 0 aliphatic heterocycles. The van der Waals surface area contributed by atoms with Gasteiger partial charge in [0.05, 0.1) is 11.9 Å². The minimum absolute atomic E-state index is 0.175. The molecule has 4 nitrogen and oxygen atoms in total. The Bertz CT molecular complexity index is 661. The molecule has 0 bridgehead atoms. The highest BCUT2D eigenvalue weighted by atomic mass is 79.9. The summed E-state index contributed by atoms with van der Waals surface area (Å²) in [5.41, 5.74) is -0.557. The predicted octanol–water partition coefficient (Wildman–Crippen LogP) is 2.74. The molecule has 0 aliphatic rings. The van der Waals surface area contributed by atoms with Crippen molar-refractivity contribution in [3.05, 3.63) is 51.1 Å². The number of alkyl halides is 2. The fourth-order valence-electron chi connectivity index (χ4n) is 1.39. The monoisotopic (exact) mass is 334 g/mol. The first-order valence-electron chi connectivity index (χ1n) is 4.97. The number of ether oxygens (including phenoxy) is 1. The van der Waals surface area contributed by atoms with Crippen LogP contribution in [0.2, 0.25) is 0 Å². The van der Waals surface area contributed by atoms with Crippen molar-refractivity contribution in [2.45, 2.75) is 6.61 Å². The van der Waals surface area contributed by atoms with E-state index in [-0.39, 0.29) is 15.9 Å².